The maximum atomic E-state index is 11.5. The standard InChI is InChI=1S/C12H21NO2/c1-5-11(14)13-8-7-10(15-6-2)12(3,4)9-13/h5,10H,1,6-9H2,2-4H3. The lowest BCUT2D eigenvalue weighted by Gasteiger charge is -2.43. The van der Waals surface area contributed by atoms with Crippen LogP contribution in [0.25, 0.3) is 0 Å². The molecule has 15 heavy (non-hydrogen) atoms. The number of hydrogen-bond donors (Lipinski definition) is 0. The van der Waals surface area contributed by atoms with E-state index in [-0.39, 0.29) is 17.4 Å². The highest BCUT2D eigenvalue weighted by molar-refractivity contribution is 5.87. The summed E-state index contributed by atoms with van der Waals surface area (Å²) in [6.07, 6.45) is 2.56. The van der Waals surface area contributed by atoms with Gasteiger partial charge >= 0.3 is 0 Å². The van der Waals surface area contributed by atoms with Gasteiger partial charge in [0.1, 0.15) is 0 Å². The van der Waals surface area contributed by atoms with Gasteiger partial charge in [-0.1, -0.05) is 20.4 Å². The maximum Gasteiger partial charge on any atom is 0.245 e. The van der Waals surface area contributed by atoms with E-state index in [4.69, 9.17) is 4.74 Å². The first-order valence-electron chi connectivity index (χ1n) is 5.54. The summed E-state index contributed by atoms with van der Waals surface area (Å²) in [7, 11) is 0. The summed E-state index contributed by atoms with van der Waals surface area (Å²) in [6.45, 7) is 12.1. The van der Waals surface area contributed by atoms with E-state index in [1.807, 2.05) is 11.8 Å². The highest BCUT2D eigenvalue weighted by Gasteiger charge is 2.37. The molecule has 1 aliphatic heterocycles. The molecule has 86 valence electrons. The molecular weight excluding hydrogens is 190 g/mol. The van der Waals surface area contributed by atoms with Gasteiger partial charge in [0.15, 0.2) is 0 Å². The minimum Gasteiger partial charge on any atom is -0.378 e. The van der Waals surface area contributed by atoms with E-state index < -0.39 is 0 Å². The van der Waals surface area contributed by atoms with Crippen molar-refractivity contribution >= 4 is 5.91 Å². The molecule has 0 saturated carbocycles. The van der Waals surface area contributed by atoms with Gasteiger partial charge in [-0.3, -0.25) is 4.79 Å². The third kappa shape index (κ3) is 2.81. The topological polar surface area (TPSA) is 29.5 Å². The Morgan fingerprint density at radius 2 is 2.33 bits per heavy atom. The van der Waals surface area contributed by atoms with E-state index in [2.05, 4.69) is 20.4 Å². The molecule has 1 atom stereocenters. The van der Waals surface area contributed by atoms with E-state index in [1.165, 1.54) is 6.08 Å². The first kappa shape index (κ1) is 12.2. The smallest absolute Gasteiger partial charge is 0.245 e. The van der Waals surface area contributed by atoms with Crippen molar-refractivity contribution in [1.82, 2.24) is 4.90 Å². The van der Waals surface area contributed by atoms with Crippen LogP contribution in [0.1, 0.15) is 27.2 Å². The molecule has 0 aliphatic carbocycles. The Morgan fingerprint density at radius 1 is 1.67 bits per heavy atom. The minimum absolute atomic E-state index is 0.0259. The van der Waals surface area contributed by atoms with E-state index in [9.17, 15) is 4.79 Å². The molecule has 0 N–H and O–H groups in total. The molecule has 1 unspecified atom stereocenters. The first-order chi connectivity index (χ1) is 7.01. The monoisotopic (exact) mass is 211 g/mol. The Balaban J connectivity index is 2.63. The lowest BCUT2D eigenvalue weighted by Crippen LogP contribution is -2.51. The van der Waals surface area contributed by atoms with Crippen molar-refractivity contribution in [3.63, 3.8) is 0 Å². The van der Waals surface area contributed by atoms with E-state index in [0.717, 1.165) is 26.1 Å². The second-order valence-corrected chi connectivity index (χ2v) is 4.69. The van der Waals surface area contributed by atoms with Crippen LogP contribution in [-0.4, -0.2) is 36.6 Å². The van der Waals surface area contributed by atoms with Gasteiger partial charge in [0.05, 0.1) is 6.10 Å². The fourth-order valence-electron chi connectivity index (χ4n) is 2.16. The van der Waals surface area contributed by atoms with Gasteiger partial charge in [-0.25, -0.2) is 0 Å². The zero-order valence-electron chi connectivity index (χ0n) is 9.95. The number of hydrogen-bond acceptors (Lipinski definition) is 2. The average molecular weight is 211 g/mol. The molecule has 0 aromatic carbocycles. The number of carbonyl (C=O) groups excluding carboxylic acids is 1. The van der Waals surface area contributed by atoms with Crippen LogP contribution in [0, 0.1) is 5.41 Å². The molecule has 0 aromatic heterocycles. The summed E-state index contributed by atoms with van der Waals surface area (Å²) in [6, 6.07) is 0. The lowest BCUT2D eigenvalue weighted by molar-refractivity contribution is -0.135. The molecule has 3 nitrogen and oxygen atoms in total. The van der Waals surface area contributed by atoms with E-state index in [1.54, 1.807) is 0 Å². The quantitative estimate of drug-likeness (QED) is 0.667. The van der Waals surface area contributed by atoms with Crippen molar-refractivity contribution in [1.29, 1.82) is 0 Å². The van der Waals surface area contributed by atoms with E-state index in [0.29, 0.717) is 0 Å². The maximum absolute atomic E-state index is 11.5. The normalized spacial score (nSPS) is 25.0. The lowest BCUT2D eigenvalue weighted by atomic mass is 9.81. The third-order valence-corrected chi connectivity index (χ3v) is 2.99. The Kier molecular flexibility index (Phi) is 3.91. The van der Waals surface area contributed by atoms with Gasteiger partial charge in [-0.15, -0.1) is 0 Å². The largest absolute Gasteiger partial charge is 0.378 e. The molecule has 0 bridgehead atoms. The molecule has 1 saturated heterocycles. The Hall–Kier alpha value is -0.830. The second-order valence-electron chi connectivity index (χ2n) is 4.69. The number of carbonyl (C=O) groups is 1. The zero-order chi connectivity index (χ0) is 11.5. The summed E-state index contributed by atoms with van der Waals surface area (Å²) in [5, 5.41) is 0. The van der Waals surface area contributed by atoms with Crippen LogP contribution in [-0.2, 0) is 9.53 Å². The molecule has 1 amide bonds. The fourth-order valence-corrected chi connectivity index (χ4v) is 2.16. The molecule has 1 fully saturated rings. The first-order valence-corrected chi connectivity index (χ1v) is 5.54. The SMILES string of the molecule is C=CC(=O)N1CCC(OCC)C(C)(C)C1. The van der Waals surface area contributed by atoms with Gasteiger partial charge in [0, 0.05) is 25.1 Å². The third-order valence-electron chi connectivity index (χ3n) is 2.99. The zero-order valence-corrected chi connectivity index (χ0v) is 9.95. The number of amides is 1. The molecule has 1 rings (SSSR count). The van der Waals surface area contributed by atoms with Crippen molar-refractivity contribution in [2.45, 2.75) is 33.3 Å². The van der Waals surface area contributed by atoms with Gasteiger partial charge in [0.25, 0.3) is 0 Å². The van der Waals surface area contributed by atoms with Crippen LogP contribution in [0.4, 0.5) is 0 Å². The predicted molar refractivity (Wildman–Crippen MR) is 60.6 cm³/mol. The Bertz CT molecular complexity index is 248. The van der Waals surface area contributed by atoms with Gasteiger partial charge < -0.3 is 9.64 Å². The number of rotatable bonds is 3. The molecule has 0 radical (unpaired) electrons. The molecule has 1 aliphatic rings. The molecule has 1 heterocycles. The molecular formula is C12H21NO2. The van der Waals surface area contributed by atoms with Gasteiger partial charge in [-0.2, -0.15) is 0 Å². The number of piperidine rings is 1. The predicted octanol–water partition coefficient (Wildman–Crippen LogP) is 1.84. The van der Waals surface area contributed by atoms with Crippen molar-refractivity contribution in [3.05, 3.63) is 12.7 Å². The second kappa shape index (κ2) is 4.79. The van der Waals surface area contributed by atoms with Crippen LogP contribution in [0.5, 0.6) is 0 Å². The van der Waals surface area contributed by atoms with Crippen molar-refractivity contribution in [3.8, 4) is 0 Å². The van der Waals surface area contributed by atoms with Gasteiger partial charge in [0.2, 0.25) is 5.91 Å². The minimum atomic E-state index is 0.0259. The Morgan fingerprint density at radius 3 is 2.80 bits per heavy atom. The van der Waals surface area contributed by atoms with Crippen molar-refractivity contribution in [2.75, 3.05) is 19.7 Å². The van der Waals surface area contributed by atoms with Gasteiger partial charge in [-0.05, 0) is 19.4 Å². The molecule has 0 spiro atoms. The fraction of sp³-hybridized carbons (Fsp3) is 0.750. The van der Waals surface area contributed by atoms with Crippen LogP contribution in [0.2, 0.25) is 0 Å². The highest BCUT2D eigenvalue weighted by atomic mass is 16.5. The summed E-state index contributed by atoms with van der Waals surface area (Å²) < 4.78 is 5.70. The summed E-state index contributed by atoms with van der Waals surface area (Å²) in [5.74, 6) is 0.0259. The summed E-state index contributed by atoms with van der Waals surface area (Å²) in [5.41, 5.74) is 0.0347. The number of nitrogens with zero attached hydrogens (tertiary/aromatic N) is 1. The van der Waals surface area contributed by atoms with Crippen molar-refractivity contribution in [2.24, 2.45) is 5.41 Å². The molecule has 0 aromatic rings. The van der Waals surface area contributed by atoms with Crippen molar-refractivity contribution < 1.29 is 9.53 Å². The van der Waals surface area contributed by atoms with Crippen LogP contribution >= 0.6 is 0 Å². The number of ether oxygens (including phenoxy) is 1. The van der Waals surface area contributed by atoms with Crippen LogP contribution < -0.4 is 0 Å². The molecule has 3 heteroatoms. The van der Waals surface area contributed by atoms with E-state index >= 15 is 0 Å². The average Bonchev–Trinajstić information content (AvgIpc) is 2.19. The van der Waals surface area contributed by atoms with Crippen LogP contribution in [0.15, 0.2) is 12.7 Å². The Labute approximate surface area is 92.1 Å². The van der Waals surface area contributed by atoms with Crippen LogP contribution in [0.3, 0.4) is 0 Å². The highest BCUT2D eigenvalue weighted by Crippen LogP contribution is 2.31. The summed E-state index contributed by atoms with van der Waals surface area (Å²) >= 11 is 0. The summed E-state index contributed by atoms with van der Waals surface area (Å²) in [4.78, 5) is 13.3. The number of likely N-dealkylation sites (tertiary alicyclic amines) is 1.